The van der Waals surface area contributed by atoms with Crippen molar-refractivity contribution in [3.63, 3.8) is 0 Å². The number of anilines is 1. The highest BCUT2D eigenvalue weighted by Crippen LogP contribution is 2.51. The molecule has 2 aromatic carbocycles. The molecule has 2 aliphatic heterocycles. The predicted octanol–water partition coefficient (Wildman–Crippen LogP) is 4.99. The van der Waals surface area contributed by atoms with Crippen LogP contribution in [-0.4, -0.2) is 34.7 Å². The molecule has 3 aliphatic rings. The van der Waals surface area contributed by atoms with Crippen LogP contribution < -0.4 is 4.90 Å². The van der Waals surface area contributed by atoms with Crippen LogP contribution in [0, 0.1) is 18.8 Å². The first kappa shape index (κ1) is 22.8. The summed E-state index contributed by atoms with van der Waals surface area (Å²) in [6.45, 7) is 8.32. The molecule has 0 bridgehead atoms. The van der Waals surface area contributed by atoms with Crippen molar-refractivity contribution in [1.29, 1.82) is 0 Å². The molecule has 5 rings (SSSR count). The quantitative estimate of drug-likeness (QED) is 0.609. The lowest BCUT2D eigenvalue weighted by Gasteiger charge is -2.51. The predicted molar refractivity (Wildman–Crippen MR) is 132 cm³/mol. The molecule has 1 saturated heterocycles. The molecule has 178 valence electrons. The summed E-state index contributed by atoms with van der Waals surface area (Å²) in [7, 11) is 0. The van der Waals surface area contributed by atoms with Gasteiger partial charge in [0.25, 0.3) is 0 Å². The Hall–Kier alpha value is -2.95. The number of nitrogens with zero attached hydrogens (tertiary/aromatic N) is 2. The number of rotatable bonds is 3. The van der Waals surface area contributed by atoms with Crippen LogP contribution in [-0.2, 0) is 19.8 Å². The molecular weight excluding hydrogens is 424 g/mol. The van der Waals surface area contributed by atoms with Gasteiger partial charge in [0.05, 0.1) is 11.8 Å². The first-order chi connectivity index (χ1) is 16.1. The van der Waals surface area contributed by atoms with Gasteiger partial charge in [0.2, 0.25) is 17.7 Å². The lowest BCUT2D eigenvalue weighted by atomic mass is 9.65. The zero-order chi connectivity index (χ0) is 24.3. The Balaban J connectivity index is 1.53. The molecule has 1 aliphatic carbocycles. The van der Waals surface area contributed by atoms with E-state index >= 15 is 0 Å². The lowest BCUT2D eigenvalue weighted by Crippen LogP contribution is -2.58. The summed E-state index contributed by atoms with van der Waals surface area (Å²) in [6, 6.07) is 16.7. The van der Waals surface area contributed by atoms with E-state index in [1.807, 2.05) is 23.1 Å². The fourth-order valence-corrected chi connectivity index (χ4v) is 6.78. The van der Waals surface area contributed by atoms with Crippen LogP contribution in [0.4, 0.5) is 5.69 Å². The highest BCUT2D eigenvalue weighted by atomic mass is 16.2. The van der Waals surface area contributed by atoms with Crippen LogP contribution in [0.15, 0.2) is 48.5 Å². The van der Waals surface area contributed by atoms with E-state index in [9.17, 15) is 14.4 Å². The Morgan fingerprint density at radius 2 is 1.56 bits per heavy atom. The zero-order valence-corrected chi connectivity index (χ0v) is 20.6. The first-order valence-electron chi connectivity index (χ1n) is 12.5. The second-order valence-electron chi connectivity index (χ2n) is 11.2. The van der Waals surface area contributed by atoms with E-state index < -0.39 is 5.54 Å². The van der Waals surface area contributed by atoms with Crippen LogP contribution in [0.25, 0.3) is 0 Å². The fraction of sp³-hybridized carbons (Fsp3) is 0.483. The fourth-order valence-electron chi connectivity index (χ4n) is 6.78. The number of imide groups is 1. The molecular formula is C29H34N2O3. The van der Waals surface area contributed by atoms with E-state index in [1.165, 1.54) is 10.5 Å². The third-order valence-corrected chi connectivity index (χ3v) is 8.27. The van der Waals surface area contributed by atoms with Crippen LogP contribution in [0.5, 0.6) is 0 Å². The average molecular weight is 459 g/mol. The molecule has 0 spiro atoms. The maximum absolute atomic E-state index is 13.8. The standard InChI is InChI=1S/C29H34N2O3/c1-19-14-15-24-23(16-19)29(4,20-10-6-5-7-11-20)18-28(2,3)31(24)25(32)17-30-26(33)21-12-8-9-13-22(21)27(30)34/h5-7,10-11,14-16,21-22H,8-9,12-13,17-18H2,1-4H3/t21-,22-,29+/m0/s1. The van der Waals surface area contributed by atoms with Crippen molar-refractivity contribution < 1.29 is 14.4 Å². The van der Waals surface area contributed by atoms with Crippen LogP contribution in [0.2, 0.25) is 0 Å². The Morgan fingerprint density at radius 3 is 2.18 bits per heavy atom. The van der Waals surface area contributed by atoms with Crippen molar-refractivity contribution in [3.05, 3.63) is 65.2 Å². The summed E-state index contributed by atoms with van der Waals surface area (Å²) >= 11 is 0. The molecule has 2 aromatic rings. The van der Waals surface area contributed by atoms with Crippen LogP contribution in [0.1, 0.15) is 69.6 Å². The Kier molecular flexibility index (Phi) is 5.42. The molecule has 0 aromatic heterocycles. The molecule has 2 fully saturated rings. The minimum Gasteiger partial charge on any atom is -0.305 e. The SMILES string of the molecule is Cc1ccc2c(c1)[C@@](C)(c1ccccc1)CC(C)(C)N2C(=O)CN1C(=O)[C@H]2CCCC[C@@H]2C1=O. The Bertz CT molecular complexity index is 1130. The number of carbonyl (C=O) groups excluding carboxylic acids is 3. The zero-order valence-electron chi connectivity index (χ0n) is 20.6. The van der Waals surface area contributed by atoms with E-state index in [-0.39, 0.29) is 41.5 Å². The van der Waals surface area contributed by atoms with Crippen molar-refractivity contribution >= 4 is 23.4 Å². The number of hydrogen-bond acceptors (Lipinski definition) is 3. The summed E-state index contributed by atoms with van der Waals surface area (Å²) in [5.74, 6) is -0.975. The molecule has 5 heteroatoms. The normalized spacial score (nSPS) is 28.0. The third-order valence-electron chi connectivity index (χ3n) is 8.27. The first-order valence-corrected chi connectivity index (χ1v) is 12.5. The summed E-state index contributed by atoms with van der Waals surface area (Å²) in [6.07, 6.45) is 4.20. The number of hydrogen-bond donors (Lipinski definition) is 0. The molecule has 5 nitrogen and oxygen atoms in total. The van der Waals surface area contributed by atoms with Gasteiger partial charge < -0.3 is 4.90 Å². The Labute approximate surface area is 202 Å². The van der Waals surface area contributed by atoms with E-state index in [1.54, 1.807) is 0 Å². The minimum atomic E-state index is -0.498. The van der Waals surface area contributed by atoms with Gasteiger partial charge in [0.15, 0.2) is 0 Å². The number of carbonyl (C=O) groups is 3. The van der Waals surface area contributed by atoms with Gasteiger partial charge in [-0.25, -0.2) is 0 Å². The summed E-state index contributed by atoms with van der Waals surface area (Å²) in [5, 5.41) is 0. The third kappa shape index (κ3) is 3.48. The Morgan fingerprint density at radius 1 is 0.941 bits per heavy atom. The molecule has 1 saturated carbocycles. The van der Waals surface area contributed by atoms with Crippen molar-refractivity contribution in [2.75, 3.05) is 11.4 Å². The number of likely N-dealkylation sites (tertiary alicyclic amines) is 1. The van der Waals surface area contributed by atoms with E-state index in [2.05, 4.69) is 58.0 Å². The van der Waals surface area contributed by atoms with Gasteiger partial charge in [-0.2, -0.15) is 0 Å². The van der Waals surface area contributed by atoms with Crippen LogP contribution in [0.3, 0.4) is 0 Å². The van der Waals surface area contributed by atoms with Crippen molar-refractivity contribution in [1.82, 2.24) is 4.90 Å². The second kappa shape index (κ2) is 8.07. The molecule has 34 heavy (non-hydrogen) atoms. The van der Waals surface area contributed by atoms with Crippen molar-refractivity contribution in [2.24, 2.45) is 11.8 Å². The van der Waals surface area contributed by atoms with E-state index in [0.29, 0.717) is 0 Å². The number of aryl methyl sites for hydroxylation is 1. The summed E-state index contributed by atoms with van der Waals surface area (Å²) in [5.41, 5.74) is 3.58. The minimum absolute atomic E-state index is 0.156. The smallest absolute Gasteiger partial charge is 0.247 e. The van der Waals surface area contributed by atoms with Gasteiger partial charge in [-0.3, -0.25) is 19.3 Å². The van der Waals surface area contributed by atoms with Gasteiger partial charge in [-0.05, 0) is 57.2 Å². The molecule has 0 unspecified atom stereocenters. The summed E-state index contributed by atoms with van der Waals surface area (Å²) in [4.78, 5) is 43.0. The van der Waals surface area contributed by atoms with Gasteiger partial charge in [-0.15, -0.1) is 0 Å². The van der Waals surface area contributed by atoms with Crippen molar-refractivity contribution in [2.45, 2.75) is 70.8 Å². The maximum atomic E-state index is 13.8. The highest BCUT2D eigenvalue weighted by Gasteiger charge is 2.51. The van der Waals surface area contributed by atoms with E-state index in [0.717, 1.165) is 48.9 Å². The van der Waals surface area contributed by atoms with Gasteiger partial charge >= 0.3 is 0 Å². The van der Waals surface area contributed by atoms with Gasteiger partial charge in [-0.1, -0.05) is 67.8 Å². The molecule has 2 heterocycles. The molecule has 0 N–H and O–H groups in total. The second-order valence-corrected chi connectivity index (χ2v) is 11.2. The monoisotopic (exact) mass is 458 g/mol. The number of amides is 3. The van der Waals surface area contributed by atoms with E-state index in [4.69, 9.17) is 0 Å². The van der Waals surface area contributed by atoms with Crippen LogP contribution >= 0.6 is 0 Å². The number of fused-ring (bicyclic) bond motifs is 2. The van der Waals surface area contributed by atoms with Gasteiger partial charge in [0.1, 0.15) is 6.54 Å². The maximum Gasteiger partial charge on any atom is 0.247 e. The lowest BCUT2D eigenvalue weighted by molar-refractivity contribution is -0.143. The molecule has 3 atom stereocenters. The highest BCUT2D eigenvalue weighted by molar-refractivity contribution is 6.09. The largest absolute Gasteiger partial charge is 0.305 e. The molecule has 3 amide bonds. The number of benzene rings is 2. The summed E-state index contributed by atoms with van der Waals surface area (Å²) < 4.78 is 0. The topological polar surface area (TPSA) is 57.7 Å². The van der Waals surface area contributed by atoms with Gasteiger partial charge in [0, 0.05) is 16.6 Å². The average Bonchev–Trinajstić information content (AvgIpc) is 3.04. The van der Waals surface area contributed by atoms with Crippen molar-refractivity contribution in [3.8, 4) is 0 Å². The molecule has 0 radical (unpaired) electrons.